The van der Waals surface area contributed by atoms with Gasteiger partial charge in [0.15, 0.2) is 0 Å². The number of benzene rings is 1. The number of rotatable bonds is 6. The van der Waals surface area contributed by atoms with Crippen molar-refractivity contribution in [2.24, 2.45) is 5.92 Å². The lowest BCUT2D eigenvalue weighted by Gasteiger charge is -2.26. The normalized spacial score (nSPS) is 15.7. The first kappa shape index (κ1) is 11.5. The Morgan fingerprint density at radius 2 is 2.19 bits per heavy atom. The first-order valence-electron chi connectivity index (χ1n) is 6.37. The summed E-state index contributed by atoms with van der Waals surface area (Å²) in [6.45, 7) is 5.57. The smallest absolute Gasteiger partial charge is 0.293 e. The van der Waals surface area contributed by atoms with Crippen molar-refractivity contribution < 1.29 is 5.11 Å². The van der Waals surface area contributed by atoms with Gasteiger partial charge in [-0.2, -0.15) is 0 Å². The molecule has 0 aliphatic heterocycles. The molecule has 2 atom stereocenters. The molecule has 0 amide bonds. The minimum atomic E-state index is 0.521. The lowest BCUT2D eigenvalue weighted by atomic mass is 9.85. The van der Waals surface area contributed by atoms with Crippen LogP contribution in [0.5, 0.6) is 5.75 Å². The molecule has 0 aliphatic rings. The highest BCUT2D eigenvalue weighted by Gasteiger charge is 2.18. The quantitative estimate of drug-likeness (QED) is 0.799. The minimum absolute atomic E-state index is 0.521. The van der Waals surface area contributed by atoms with E-state index >= 15 is 0 Å². The molecule has 0 bridgehead atoms. The van der Waals surface area contributed by atoms with Crippen molar-refractivity contribution in [1.82, 2.24) is 4.90 Å². The zero-order valence-electron chi connectivity index (χ0n) is 11.7. The second kappa shape index (κ2) is 5.90. The molecule has 2 nitrogen and oxygen atoms in total. The summed E-state index contributed by atoms with van der Waals surface area (Å²) in [5, 5.41) is 4.55. The van der Waals surface area contributed by atoms with Gasteiger partial charge in [-0.05, 0) is 50.0 Å². The summed E-state index contributed by atoms with van der Waals surface area (Å²) in [6, 6.07) is 7.89. The third kappa shape index (κ3) is 3.53. The van der Waals surface area contributed by atoms with Crippen molar-refractivity contribution in [3.05, 3.63) is 29.8 Å². The monoisotopic (exact) mass is 222 g/mol. The predicted octanol–water partition coefficient (Wildman–Crippen LogP) is 3.08. The SMILES string of the molecule is [2H]Oc1cccc([C@H](CC)[C@@H](C)CN(C)C)c1. The summed E-state index contributed by atoms with van der Waals surface area (Å²) in [4.78, 5) is 2.22. The van der Waals surface area contributed by atoms with Gasteiger partial charge in [0, 0.05) is 6.54 Å². The zero-order valence-corrected chi connectivity index (χ0v) is 10.7. The average molecular weight is 222 g/mol. The third-order valence-corrected chi connectivity index (χ3v) is 3.07. The molecule has 1 rings (SSSR count). The molecule has 1 N–H and O–H groups in total. The van der Waals surface area contributed by atoms with Crippen LogP contribution in [0.25, 0.3) is 0 Å². The maximum absolute atomic E-state index is 6.95. The van der Waals surface area contributed by atoms with E-state index in [1.54, 1.807) is 0 Å². The molecule has 0 fully saturated rings. The fourth-order valence-corrected chi connectivity index (χ4v) is 2.42. The highest BCUT2D eigenvalue weighted by molar-refractivity contribution is 5.30. The second-order valence-corrected chi connectivity index (χ2v) is 4.83. The van der Waals surface area contributed by atoms with E-state index in [4.69, 9.17) is 1.43 Å². The maximum atomic E-state index is 6.95. The van der Waals surface area contributed by atoms with Crippen LogP contribution in [0, 0.1) is 5.92 Å². The number of nitrogens with zero attached hydrogens (tertiary/aromatic N) is 1. The van der Waals surface area contributed by atoms with Gasteiger partial charge in [-0.25, -0.2) is 0 Å². The van der Waals surface area contributed by atoms with Crippen LogP contribution in [0.2, 0.25) is 0 Å². The largest absolute Gasteiger partial charge is 0.508 e. The Morgan fingerprint density at radius 3 is 2.75 bits per heavy atom. The maximum Gasteiger partial charge on any atom is 0.293 e. The van der Waals surface area contributed by atoms with Gasteiger partial charge in [-0.1, -0.05) is 26.0 Å². The fraction of sp³-hybridized carbons (Fsp3) is 0.571. The molecule has 0 unspecified atom stereocenters. The van der Waals surface area contributed by atoms with Crippen LogP contribution >= 0.6 is 0 Å². The van der Waals surface area contributed by atoms with Gasteiger partial charge in [-0.3, -0.25) is 0 Å². The van der Waals surface area contributed by atoms with Crippen molar-refractivity contribution in [3.63, 3.8) is 0 Å². The van der Waals surface area contributed by atoms with E-state index in [2.05, 4.69) is 44.0 Å². The number of phenols is 1. The molecular weight excluding hydrogens is 198 g/mol. The van der Waals surface area contributed by atoms with Crippen LogP contribution in [0.1, 0.15) is 31.7 Å². The van der Waals surface area contributed by atoms with Gasteiger partial charge in [-0.15, -0.1) is 0 Å². The first-order valence-corrected chi connectivity index (χ1v) is 5.96. The molecule has 90 valence electrons. The highest BCUT2D eigenvalue weighted by atomic mass is 16.3. The lowest BCUT2D eigenvalue weighted by molar-refractivity contribution is 0.301. The fourth-order valence-electron chi connectivity index (χ4n) is 2.42. The van der Waals surface area contributed by atoms with Crippen LogP contribution in [0.4, 0.5) is 0 Å². The Bertz CT molecular complexity index is 341. The molecule has 0 radical (unpaired) electrons. The molecule has 0 saturated heterocycles. The van der Waals surface area contributed by atoms with E-state index < -0.39 is 0 Å². The number of hydrogen-bond acceptors (Lipinski definition) is 2. The summed E-state index contributed by atoms with van der Waals surface area (Å²) in [6.07, 6.45) is 1.11. The molecule has 0 spiro atoms. The molecule has 1 aromatic carbocycles. The second-order valence-electron chi connectivity index (χ2n) is 4.83. The molecule has 0 aliphatic carbocycles. The molecule has 1 aromatic rings. The molecule has 0 saturated carbocycles. The summed E-state index contributed by atoms with van der Waals surface area (Å²) in [7, 11) is 4.21. The summed E-state index contributed by atoms with van der Waals surface area (Å²) in [5.41, 5.74) is 1.27. The van der Waals surface area contributed by atoms with Crippen LogP contribution < -0.4 is 0 Å². The van der Waals surface area contributed by atoms with E-state index in [1.165, 1.54) is 5.56 Å². The van der Waals surface area contributed by atoms with Gasteiger partial charge < -0.3 is 10.0 Å². The summed E-state index contributed by atoms with van der Waals surface area (Å²) >= 11 is 0. The Labute approximate surface area is 100 Å². The zero-order chi connectivity index (χ0) is 12.8. The topological polar surface area (TPSA) is 23.5 Å². The van der Waals surface area contributed by atoms with E-state index in [-0.39, 0.29) is 0 Å². The first-order chi connectivity index (χ1) is 8.08. The van der Waals surface area contributed by atoms with E-state index in [1.807, 2.05) is 18.2 Å². The summed E-state index contributed by atoms with van der Waals surface area (Å²) < 4.78 is 6.95. The molecule has 2 heteroatoms. The number of phenolic OH excluding ortho intramolecular Hbond substituents is 1. The van der Waals surface area contributed by atoms with Gasteiger partial charge in [0.1, 0.15) is 5.75 Å². The average Bonchev–Trinajstić information content (AvgIpc) is 2.29. The van der Waals surface area contributed by atoms with Gasteiger partial charge in [0.2, 0.25) is 0 Å². The van der Waals surface area contributed by atoms with E-state index in [0.717, 1.165) is 13.0 Å². The minimum Gasteiger partial charge on any atom is -0.508 e. The van der Waals surface area contributed by atoms with Crippen molar-refractivity contribution in [2.45, 2.75) is 26.2 Å². The molecule has 0 heterocycles. The van der Waals surface area contributed by atoms with Crippen LogP contribution in [0.3, 0.4) is 0 Å². The predicted molar refractivity (Wildman–Crippen MR) is 68.9 cm³/mol. The van der Waals surface area contributed by atoms with Gasteiger partial charge in [0.25, 0.3) is 1.43 Å². The Hall–Kier alpha value is -1.02. The van der Waals surface area contributed by atoms with Crippen LogP contribution in [-0.4, -0.2) is 32.1 Å². The molecular formula is C14H23NO. The van der Waals surface area contributed by atoms with Crippen molar-refractivity contribution in [1.29, 1.82) is 1.43 Å². The standard InChI is InChI=1S/C14H23NO/c1-5-14(11(2)10-15(3)4)12-7-6-8-13(16)9-12/h6-9,11,14,16H,5,10H2,1-4H3/t11-,14+/m0/s1/i/hD. The number of hydrogen-bond donors (Lipinski definition) is 1. The molecule has 0 aromatic heterocycles. The third-order valence-electron chi connectivity index (χ3n) is 3.07. The number of aromatic hydroxyl groups is 1. The van der Waals surface area contributed by atoms with Crippen LogP contribution in [-0.2, 0) is 0 Å². The Balaban J connectivity index is 2.84. The molecule has 16 heavy (non-hydrogen) atoms. The Kier molecular flexibility index (Phi) is 4.23. The van der Waals surface area contributed by atoms with E-state index in [9.17, 15) is 0 Å². The van der Waals surface area contributed by atoms with Crippen molar-refractivity contribution in [3.8, 4) is 5.75 Å². The Morgan fingerprint density at radius 1 is 1.44 bits per heavy atom. The highest BCUT2D eigenvalue weighted by Crippen LogP contribution is 2.30. The van der Waals surface area contributed by atoms with Crippen LogP contribution in [0.15, 0.2) is 24.3 Å². The summed E-state index contributed by atoms with van der Waals surface area (Å²) in [5.74, 6) is 1.74. The van der Waals surface area contributed by atoms with Gasteiger partial charge in [0.05, 0.1) is 0 Å². The van der Waals surface area contributed by atoms with Crippen molar-refractivity contribution in [2.75, 3.05) is 20.6 Å². The van der Waals surface area contributed by atoms with Crippen molar-refractivity contribution >= 4 is 0 Å². The lowest BCUT2D eigenvalue weighted by Crippen LogP contribution is -2.24. The van der Waals surface area contributed by atoms with Gasteiger partial charge >= 0.3 is 0 Å². The van der Waals surface area contributed by atoms with E-state index in [0.29, 0.717) is 17.6 Å².